The van der Waals surface area contributed by atoms with Crippen molar-refractivity contribution in [2.45, 2.75) is 73.6 Å². The quantitative estimate of drug-likeness (QED) is 0.127. The standard InChI is InChI=1S/C37H47N3O6SeSi/c1-36(2,3)48(7,8)46-32-30(45-34(33(32)47-6)40-23-22-31(38)39-35(40)41)24-44-37(25-12-10-9-11-13-25,26-14-18-28(42-4)19-15-26)27-16-20-29(43-5)21-17-27/h9-23,30,32-34H,24H2,1-8H3,(H2,38,39,41)/t30-,32-,33-,34-/m1/s1. The van der Waals surface area contributed by atoms with E-state index in [1.165, 1.54) is 0 Å². The second kappa shape index (κ2) is 14.6. The summed E-state index contributed by atoms with van der Waals surface area (Å²) in [5.74, 6) is 3.83. The van der Waals surface area contributed by atoms with Gasteiger partial charge < -0.3 is 0 Å². The topological polar surface area (TPSA) is 107 Å². The molecule has 1 fully saturated rings. The number of nitrogen functional groups attached to an aromatic ring is 1. The van der Waals surface area contributed by atoms with Crippen molar-refractivity contribution in [3.63, 3.8) is 0 Å². The Bertz CT molecular complexity index is 1660. The summed E-state index contributed by atoms with van der Waals surface area (Å²) in [6.45, 7) is 11.4. The Morgan fingerprint density at radius 3 is 1.90 bits per heavy atom. The summed E-state index contributed by atoms with van der Waals surface area (Å²) in [5, 5.41) is -0.0403. The van der Waals surface area contributed by atoms with E-state index < -0.39 is 31.9 Å². The molecule has 3 aromatic carbocycles. The third-order valence-corrected chi connectivity index (χ3v) is 16.2. The van der Waals surface area contributed by atoms with Crippen molar-refractivity contribution < 1.29 is 23.4 Å². The SMILES string of the molecule is COc1ccc(C(OC[C@H]2O[C@@H](n3ccc(N)nc3=O)[C@H]([Se]C)[C@@H]2O[Si](C)(C)C(C)(C)C)(c2ccccc2)c2ccc(OC)cc2)cc1. The van der Waals surface area contributed by atoms with Gasteiger partial charge >= 0.3 is 292 Å². The predicted molar refractivity (Wildman–Crippen MR) is 193 cm³/mol. The maximum atomic E-state index is 13.1. The fourth-order valence-corrected chi connectivity index (χ4v) is 9.38. The Hall–Kier alpha value is -3.44. The number of anilines is 1. The van der Waals surface area contributed by atoms with Crippen LogP contribution < -0.4 is 20.9 Å². The van der Waals surface area contributed by atoms with Crippen LogP contribution in [0.15, 0.2) is 95.9 Å². The van der Waals surface area contributed by atoms with E-state index in [0.29, 0.717) is 0 Å². The number of ether oxygens (including phenoxy) is 4. The van der Waals surface area contributed by atoms with Crippen molar-refractivity contribution in [1.82, 2.24) is 9.55 Å². The van der Waals surface area contributed by atoms with E-state index in [2.05, 4.69) is 56.8 Å². The number of benzene rings is 3. The Balaban J connectivity index is 1.64. The minimum atomic E-state index is -2.29. The summed E-state index contributed by atoms with van der Waals surface area (Å²) >= 11 is 0.0513. The summed E-state index contributed by atoms with van der Waals surface area (Å²) in [6, 6.07) is 27.7. The molecule has 0 unspecified atom stereocenters. The van der Waals surface area contributed by atoms with Gasteiger partial charge in [-0.2, -0.15) is 0 Å². The molecule has 9 nitrogen and oxygen atoms in total. The zero-order chi connectivity index (χ0) is 34.7. The fraction of sp³-hybridized carbons (Fsp3) is 0.405. The first-order valence-electron chi connectivity index (χ1n) is 16.0. The first kappa shape index (κ1) is 35.9. The molecule has 0 radical (unpaired) electrons. The Labute approximate surface area is 291 Å². The number of methoxy groups -OCH3 is 2. The van der Waals surface area contributed by atoms with Gasteiger partial charge in [0.2, 0.25) is 0 Å². The Morgan fingerprint density at radius 1 is 0.875 bits per heavy atom. The number of aromatic nitrogens is 2. The van der Waals surface area contributed by atoms with E-state index in [0.717, 1.165) is 28.2 Å². The zero-order valence-electron chi connectivity index (χ0n) is 29.0. The fourth-order valence-electron chi connectivity index (χ4n) is 5.88. The van der Waals surface area contributed by atoms with Gasteiger partial charge in [-0.15, -0.1) is 0 Å². The molecule has 2 N–H and O–H groups in total. The average Bonchev–Trinajstić information content (AvgIpc) is 3.41. The van der Waals surface area contributed by atoms with E-state index in [4.69, 9.17) is 29.1 Å². The summed E-state index contributed by atoms with van der Waals surface area (Å²) in [7, 11) is 1.03. The molecule has 1 aromatic heterocycles. The van der Waals surface area contributed by atoms with Crippen molar-refractivity contribution in [2.75, 3.05) is 26.6 Å². The monoisotopic (exact) mass is 737 g/mol. The van der Waals surface area contributed by atoms with Crippen LogP contribution in [-0.2, 0) is 19.5 Å². The number of nitrogens with zero attached hydrogens (tertiary/aromatic N) is 2. The van der Waals surface area contributed by atoms with Gasteiger partial charge in [0.05, 0.1) is 0 Å². The van der Waals surface area contributed by atoms with Crippen LogP contribution in [-0.4, -0.2) is 65.9 Å². The second-order valence-electron chi connectivity index (χ2n) is 13.5. The molecule has 1 saturated heterocycles. The molecule has 0 bridgehead atoms. The van der Waals surface area contributed by atoms with Gasteiger partial charge in [-0.3, -0.25) is 0 Å². The van der Waals surface area contributed by atoms with Crippen molar-refractivity contribution in [2.24, 2.45) is 0 Å². The molecule has 256 valence electrons. The molecule has 5 rings (SSSR count). The summed E-state index contributed by atoms with van der Waals surface area (Å²) in [4.78, 5) is 17.1. The molecule has 2 heterocycles. The van der Waals surface area contributed by atoms with E-state index in [9.17, 15) is 4.79 Å². The van der Waals surface area contributed by atoms with Crippen LogP contribution in [0, 0.1) is 0 Å². The molecular formula is C37H47N3O6SeSi. The summed E-state index contributed by atoms with van der Waals surface area (Å²) in [6.07, 6.45) is 0.293. The molecular weight excluding hydrogens is 689 g/mol. The normalized spacial score (nSPS) is 20.1. The van der Waals surface area contributed by atoms with E-state index in [-0.39, 0.29) is 43.3 Å². The number of hydrogen-bond donors (Lipinski definition) is 1. The first-order valence-corrected chi connectivity index (χ1v) is 21.6. The van der Waals surface area contributed by atoms with Crippen LogP contribution in [0.3, 0.4) is 0 Å². The minimum absolute atomic E-state index is 0.0403. The zero-order valence-corrected chi connectivity index (χ0v) is 31.7. The van der Waals surface area contributed by atoms with E-state index in [1.807, 2.05) is 66.7 Å². The summed E-state index contributed by atoms with van der Waals surface area (Å²) in [5.41, 5.74) is 7.18. The van der Waals surface area contributed by atoms with Crippen LogP contribution in [0.25, 0.3) is 0 Å². The number of hydrogen-bond acceptors (Lipinski definition) is 8. The van der Waals surface area contributed by atoms with Crippen LogP contribution in [0.4, 0.5) is 5.82 Å². The molecule has 0 saturated carbocycles. The average molecular weight is 737 g/mol. The third kappa shape index (κ3) is 7.13. The molecule has 1 aliphatic heterocycles. The number of rotatable bonds is 12. The first-order chi connectivity index (χ1) is 22.8. The second-order valence-corrected chi connectivity index (χ2v) is 20.4. The van der Waals surface area contributed by atoms with Crippen molar-refractivity contribution in [1.29, 1.82) is 0 Å². The number of nitrogens with two attached hydrogens (primary N) is 1. The van der Waals surface area contributed by atoms with E-state index in [1.54, 1.807) is 31.0 Å². The molecule has 0 spiro atoms. The molecule has 4 atom stereocenters. The third-order valence-electron chi connectivity index (χ3n) is 9.56. The molecule has 0 amide bonds. The maximum absolute atomic E-state index is 13.1. The van der Waals surface area contributed by atoms with E-state index >= 15 is 0 Å². The van der Waals surface area contributed by atoms with Gasteiger partial charge in [-0.25, -0.2) is 0 Å². The van der Waals surface area contributed by atoms with Crippen molar-refractivity contribution in [3.05, 3.63) is 118 Å². The molecule has 4 aromatic rings. The van der Waals surface area contributed by atoms with Gasteiger partial charge in [0, 0.05) is 0 Å². The molecule has 1 aliphatic rings. The van der Waals surface area contributed by atoms with Gasteiger partial charge in [0.15, 0.2) is 0 Å². The predicted octanol–water partition coefficient (Wildman–Crippen LogP) is 6.68. The summed E-state index contributed by atoms with van der Waals surface area (Å²) < 4.78 is 33.9. The molecule has 48 heavy (non-hydrogen) atoms. The van der Waals surface area contributed by atoms with Crippen LogP contribution in [0.1, 0.15) is 43.7 Å². The molecule has 11 heteroatoms. The van der Waals surface area contributed by atoms with Crippen molar-refractivity contribution in [3.8, 4) is 11.5 Å². The van der Waals surface area contributed by atoms with Gasteiger partial charge in [0.1, 0.15) is 0 Å². The van der Waals surface area contributed by atoms with Crippen LogP contribution >= 0.6 is 0 Å². The van der Waals surface area contributed by atoms with Crippen LogP contribution in [0.5, 0.6) is 11.5 Å². The van der Waals surface area contributed by atoms with Gasteiger partial charge in [-0.05, 0) is 0 Å². The van der Waals surface area contributed by atoms with Gasteiger partial charge in [-0.1, -0.05) is 0 Å². The van der Waals surface area contributed by atoms with Gasteiger partial charge in [0.25, 0.3) is 0 Å². The Kier molecular flexibility index (Phi) is 10.9. The van der Waals surface area contributed by atoms with Crippen LogP contribution in [0.2, 0.25) is 28.8 Å². The molecule has 0 aliphatic carbocycles. The Morgan fingerprint density at radius 2 is 1.42 bits per heavy atom. The van der Waals surface area contributed by atoms with Crippen molar-refractivity contribution >= 4 is 29.1 Å².